The third-order valence-corrected chi connectivity index (χ3v) is 2.39. The number of amides is 1. The highest BCUT2D eigenvalue weighted by atomic mass is 16.2. The lowest BCUT2D eigenvalue weighted by Crippen LogP contribution is -2.21. The summed E-state index contributed by atoms with van der Waals surface area (Å²) in [4.78, 5) is 15.9. The van der Waals surface area contributed by atoms with Crippen LogP contribution in [0.25, 0.3) is 0 Å². The fraction of sp³-hybridized carbons (Fsp3) is 0.500. The zero-order valence-electron chi connectivity index (χ0n) is 10.3. The molecule has 0 aliphatic heterocycles. The fourth-order valence-electron chi connectivity index (χ4n) is 1.49. The topological polar surface area (TPSA) is 46.9 Å². The maximum absolute atomic E-state index is 11.7. The van der Waals surface area contributed by atoms with Gasteiger partial charge in [0.25, 0.3) is 5.91 Å². The predicted molar refractivity (Wildman–Crippen MR) is 64.2 cm³/mol. The molecule has 1 aromatic rings. The summed E-state index contributed by atoms with van der Waals surface area (Å²) in [7, 11) is 1.86. The van der Waals surface area contributed by atoms with Gasteiger partial charge in [0.05, 0.1) is 0 Å². The Morgan fingerprint density at radius 2 is 2.31 bits per heavy atom. The molecule has 0 aromatic carbocycles. The van der Waals surface area contributed by atoms with E-state index < -0.39 is 0 Å². The van der Waals surface area contributed by atoms with Crippen molar-refractivity contribution in [2.45, 2.75) is 33.1 Å². The Balaban J connectivity index is 2.80. The van der Waals surface area contributed by atoms with E-state index in [9.17, 15) is 4.79 Å². The standard InChI is InChI=1S/C12H19N3O/c1-5-6-7-13-12(16)11-14-8-10(9(2)3)15(11)4/h6-9H,5H2,1-4H3,(H,13,16)/b7-6+. The van der Waals surface area contributed by atoms with Crippen LogP contribution in [0.15, 0.2) is 18.5 Å². The Bertz CT molecular complexity index is 391. The molecule has 4 nitrogen and oxygen atoms in total. The Morgan fingerprint density at radius 1 is 1.62 bits per heavy atom. The molecule has 0 fully saturated rings. The van der Waals surface area contributed by atoms with E-state index in [0.29, 0.717) is 11.7 Å². The van der Waals surface area contributed by atoms with E-state index in [4.69, 9.17) is 0 Å². The molecule has 0 aliphatic carbocycles. The molecule has 1 N–H and O–H groups in total. The van der Waals surface area contributed by atoms with Crippen LogP contribution in [0.1, 0.15) is 49.4 Å². The van der Waals surface area contributed by atoms with E-state index in [0.717, 1.165) is 12.1 Å². The molecule has 1 heterocycles. The summed E-state index contributed by atoms with van der Waals surface area (Å²) >= 11 is 0. The number of aromatic nitrogens is 2. The fourth-order valence-corrected chi connectivity index (χ4v) is 1.49. The van der Waals surface area contributed by atoms with Gasteiger partial charge in [-0.1, -0.05) is 26.8 Å². The molecule has 4 heteroatoms. The first-order valence-electron chi connectivity index (χ1n) is 5.55. The van der Waals surface area contributed by atoms with Crippen LogP contribution in [-0.2, 0) is 7.05 Å². The highest BCUT2D eigenvalue weighted by molar-refractivity contribution is 5.91. The van der Waals surface area contributed by atoms with Gasteiger partial charge < -0.3 is 9.88 Å². The Labute approximate surface area is 96.4 Å². The molecule has 88 valence electrons. The number of nitrogens with one attached hydrogen (secondary N) is 1. The van der Waals surface area contributed by atoms with Gasteiger partial charge >= 0.3 is 0 Å². The number of hydrogen-bond donors (Lipinski definition) is 1. The quantitative estimate of drug-likeness (QED) is 0.847. The second-order valence-corrected chi connectivity index (χ2v) is 4.00. The summed E-state index contributed by atoms with van der Waals surface area (Å²) in [5.74, 6) is 0.647. The first-order valence-corrected chi connectivity index (χ1v) is 5.55. The van der Waals surface area contributed by atoms with E-state index in [1.807, 2.05) is 24.6 Å². The van der Waals surface area contributed by atoms with Crippen molar-refractivity contribution < 1.29 is 4.79 Å². The molecule has 0 bridgehead atoms. The van der Waals surface area contributed by atoms with Crippen LogP contribution in [0.5, 0.6) is 0 Å². The normalized spacial score (nSPS) is 11.3. The number of rotatable bonds is 4. The highest BCUT2D eigenvalue weighted by Gasteiger charge is 2.14. The average Bonchev–Trinajstić information content (AvgIpc) is 2.60. The van der Waals surface area contributed by atoms with Crippen LogP contribution in [-0.4, -0.2) is 15.5 Å². The van der Waals surface area contributed by atoms with E-state index in [1.165, 1.54) is 0 Å². The molecular weight excluding hydrogens is 202 g/mol. The maximum atomic E-state index is 11.7. The lowest BCUT2D eigenvalue weighted by Gasteiger charge is -2.07. The molecule has 0 aliphatic rings. The summed E-state index contributed by atoms with van der Waals surface area (Å²) < 4.78 is 1.83. The van der Waals surface area contributed by atoms with Crippen molar-refractivity contribution in [3.8, 4) is 0 Å². The Kier molecular flexibility index (Phi) is 4.28. The van der Waals surface area contributed by atoms with Crippen LogP contribution in [0.3, 0.4) is 0 Å². The van der Waals surface area contributed by atoms with Gasteiger partial charge in [-0.15, -0.1) is 0 Å². The number of nitrogens with zero attached hydrogens (tertiary/aromatic N) is 2. The van der Waals surface area contributed by atoms with Crippen molar-refractivity contribution in [3.05, 3.63) is 30.0 Å². The van der Waals surface area contributed by atoms with Crippen molar-refractivity contribution >= 4 is 5.91 Å². The SMILES string of the molecule is CC/C=C/NC(=O)c1ncc(C(C)C)n1C. The second kappa shape index (κ2) is 5.49. The van der Waals surface area contributed by atoms with Crippen LogP contribution < -0.4 is 5.32 Å². The minimum absolute atomic E-state index is 0.167. The van der Waals surface area contributed by atoms with E-state index in [-0.39, 0.29) is 5.91 Å². The largest absolute Gasteiger partial charge is 0.327 e. The van der Waals surface area contributed by atoms with Gasteiger partial charge in [-0.3, -0.25) is 4.79 Å². The maximum Gasteiger partial charge on any atom is 0.291 e. The molecule has 0 atom stereocenters. The van der Waals surface area contributed by atoms with Crippen LogP contribution in [0, 0.1) is 0 Å². The number of carbonyl (C=O) groups is 1. The van der Waals surface area contributed by atoms with Crippen molar-refractivity contribution in [2.24, 2.45) is 7.05 Å². The van der Waals surface area contributed by atoms with Crippen molar-refractivity contribution in [2.75, 3.05) is 0 Å². The van der Waals surface area contributed by atoms with E-state index in [1.54, 1.807) is 12.4 Å². The molecule has 1 aromatic heterocycles. The average molecular weight is 221 g/mol. The van der Waals surface area contributed by atoms with E-state index in [2.05, 4.69) is 24.1 Å². The molecule has 1 rings (SSSR count). The predicted octanol–water partition coefficient (Wildman–Crippen LogP) is 2.20. The first-order chi connectivity index (χ1) is 7.57. The van der Waals surface area contributed by atoms with Crippen LogP contribution in [0.4, 0.5) is 0 Å². The molecule has 0 spiro atoms. The van der Waals surface area contributed by atoms with Crippen LogP contribution >= 0.6 is 0 Å². The summed E-state index contributed by atoms with van der Waals surface area (Å²) in [6.45, 7) is 6.17. The molecule has 1 amide bonds. The molecule has 16 heavy (non-hydrogen) atoms. The lowest BCUT2D eigenvalue weighted by molar-refractivity contribution is 0.0956. The number of hydrogen-bond acceptors (Lipinski definition) is 2. The van der Waals surface area contributed by atoms with Gasteiger partial charge in [0.1, 0.15) is 0 Å². The summed E-state index contributed by atoms with van der Waals surface area (Å²) in [5.41, 5.74) is 1.06. The zero-order valence-corrected chi connectivity index (χ0v) is 10.3. The highest BCUT2D eigenvalue weighted by Crippen LogP contribution is 2.14. The molecule has 0 saturated carbocycles. The van der Waals surface area contributed by atoms with Crippen LogP contribution in [0.2, 0.25) is 0 Å². The number of carbonyl (C=O) groups excluding carboxylic acids is 1. The molecular formula is C12H19N3O. The molecule has 0 unspecified atom stereocenters. The van der Waals surface area contributed by atoms with Crippen molar-refractivity contribution in [1.82, 2.24) is 14.9 Å². The van der Waals surface area contributed by atoms with Gasteiger partial charge in [-0.25, -0.2) is 4.98 Å². The number of allylic oxidation sites excluding steroid dienone is 1. The summed E-state index contributed by atoms with van der Waals surface area (Å²) in [6.07, 6.45) is 6.21. The zero-order chi connectivity index (χ0) is 12.1. The molecule has 0 saturated heterocycles. The number of imidazole rings is 1. The summed E-state index contributed by atoms with van der Waals surface area (Å²) in [6, 6.07) is 0. The monoisotopic (exact) mass is 221 g/mol. The smallest absolute Gasteiger partial charge is 0.291 e. The summed E-state index contributed by atoms with van der Waals surface area (Å²) in [5, 5.41) is 2.69. The van der Waals surface area contributed by atoms with Crippen molar-refractivity contribution in [1.29, 1.82) is 0 Å². The second-order valence-electron chi connectivity index (χ2n) is 4.00. The van der Waals surface area contributed by atoms with E-state index >= 15 is 0 Å². The first kappa shape index (κ1) is 12.5. The molecule has 0 radical (unpaired) electrons. The third kappa shape index (κ3) is 2.72. The Hall–Kier alpha value is -1.58. The lowest BCUT2D eigenvalue weighted by atomic mass is 10.1. The van der Waals surface area contributed by atoms with Gasteiger partial charge in [-0.05, 0) is 12.3 Å². The van der Waals surface area contributed by atoms with Crippen molar-refractivity contribution in [3.63, 3.8) is 0 Å². The van der Waals surface area contributed by atoms with Gasteiger partial charge in [-0.2, -0.15) is 0 Å². The van der Waals surface area contributed by atoms with Gasteiger partial charge in [0, 0.05) is 25.1 Å². The minimum atomic E-state index is -0.167. The van der Waals surface area contributed by atoms with Gasteiger partial charge in [0.2, 0.25) is 0 Å². The minimum Gasteiger partial charge on any atom is -0.327 e. The Morgan fingerprint density at radius 3 is 2.81 bits per heavy atom. The third-order valence-electron chi connectivity index (χ3n) is 2.39. The van der Waals surface area contributed by atoms with Gasteiger partial charge in [0.15, 0.2) is 5.82 Å².